The molecule has 0 aliphatic heterocycles. The summed E-state index contributed by atoms with van der Waals surface area (Å²) in [5.41, 5.74) is 0.725. The summed E-state index contributed by atoms with van der Waals surface area (Å²) in [5.74, 6) is 0.197. The number of benzene rings is 1. The Hall–Kier alpha value is -1.07. The lowest BCUT2D eigenvalue weighted by molar-refractivity contribution is 0.584. The lowest BCUT2D eigenvalue weighted by Gasteiger charge is -2.06. The van der Waals surface area contributed by atoms with Gasteiger partial charge in [0.05, 0.1) is 4.90 Å². The average molecular weight is 275 g/mol. The van der Waals surface area contributed by atoms with Crippen LogP contribution in [0, 0.1) is 5.92 Å². The highest BCUT2D eigenvalue weighted by atomic mass is 35.5. The molecule has 0 aromatic heterocycles. The fraction of sp³-hybridized carbons (Fsp3) is 0.364. The molecule has 0 fully saturated rings. The Balaban J connectivity index is 2.90. The van der Waals surface area contributed by atoms with E-state index in [1.165, 1.54) is 24.3 Å². The van der Waals surface area contributed by atoms with Crippen molar-refractivity contribution in [2.75, 3.05) is 0 Å². The summed E-state index contributed by atoms with van der Waals surface area (Å²) in [6.07, 6.45) is 0. The van der Waals surface area contributed by atoms with Crippen molar-refractivity contribution in [1.29, 1.82) is 0 Å². The maximum absolute atomic E-state index is 11.8. The van der Waals surface area contributed by atoms with Gasteiger partial charge in [-0.05, 0) is 37.1 Å². The third kappa shape index (κ3) is 4.02. The standard InChI is InChI=1S/C11H15ClN2O2S/c1-8(2)9(3)13-14-17(15,16)11-6-4-10(12)5-7-11/h4-8,14H,1-3H3/b13-9+. The van der Waals surface area contributed by atoms with Crippen LogP contribution < -0.4 is 4.83 Å². The van der Waals surface area contributed by atoms with E-state index in [1.54, 1.807) is 6.92 Å². The molecule has 0 radical (unpaired) electrons. The van der Waals surface area contributed by atoms with E-state index >= 15 is 0 Å². The lowest BCUT2D eigenvalue weighted by Crippen LogP contribution is -2.20. The molecule has 0 saturated heterocycles. The predicted molar refractivity (Wildman–Crippen MR) is 69.7 cm³/mol. The minimum absolute atomic E-state index is 0.141. The highest BCUT2D eigenvalue weighted by Crippen LogP contribution is 2.13. The maximum Gasteiger partial charge on any atom is 0.276 e. The van der Waals surface area contributed by atoms with Gasteiger partial charge in [-0.2, -0.15) is 13.5 Å². The van der Waals surface area contributed by atoms with Crippen LogP contribution in [0.15, 0.2) is 34.3 Å². The second-order valence-corrected chi connectivity index (χ2v) is 6.05. The molecule has 0 unspecified atom stereocenters. The van der Waals surface area contributed by atoms with E-state index in [-0.39, 0.29) is 10.8 Å². The van der Waals surface area contributed by atoms with E-state index in [9.17, 15) is 8.42 Å². The van der Waals surface area contributed by atoms with E-state index in [0.29, 0.717) is 5.02 Å². The minimum Gasteiger partial charge on any atom is -0.200 e. The van der Waals surface area contributed by atoms with Gasteiger partial charge in [0.25, 0.3) is 10.0 Å². The topological polar surface area (TPSA) is 58.5 Å². The highest BCUT2D eigenvalue weighted by molar-refractivity contribution is 7.89. The van der Waals surface area contributed by atoms with Crippen molar-refractivity contribution in [2.24, 2.45) is 11.0 Å². The van der Waals surface area contributed by atoms with Crippen molar-refractivity contribution in [2.45, 2.75) is 25.7 Å². The minimum atomic E-state index is -3.60. The van der Waals surface area contributed by atoms with Crippen molar-refractivity contribution >= 4 is 27.3 Å². The van der Waals surface area contributed by atoms with Gasteiger partial charge in [-0.3, -0.25) is 0 Å². The molecule has 6 heteroatoms. The molecule has 0 spiro atoms. The fourth-order valence-electron chi connectivity index (χ4n) is 0.928. The highest BCUT2D eigenvalue weighted by Gasteiger charge is 2.12. The summed E-state index contributed by atoms with van der Waals surface area (Å²) in [5, 5.41) is 4.33. The van der Waals surface area contributed by atoms with E-state index in [4.69, 9.17) is 11.6 Å². The molecule has 1 aromatic carbocycles. The molecule has 0 bridgehead atoms. The van der Waals surface area contributed by atoms with E-state index < -0.39 is 10.0 Å². The molecule has 94 valence electrons. The van der Waals surface area contributed by atoms with Crippen molar-refractivity contribution in [3.8, 4) is 0 Å². The first kappa shape index (κ1) is 14.0. The second-order valence-electron chi connectivity index (χ2n) is 3.96. The van der Waals surface area contributed by atoms with Crippen LogP contribution in [-0.2, 0) is 10.0 Å². The molecule has 4 nitrogen and oxygen atoms in total. The van der Waals surface area contributed by atoms with Crippen LogP contribution in [-0.4, -0.2) is 14.1 Å². The zero-order valence-electron chi connectivity index (χ0n) is 9.94. The van der Waals surface area contributed by atoms with Gasteiger partial charge in [0.2, 0.25) is 0 Å². The van der Waals surface area contributed by atoms with Crippen molar-refractivity contribution in [3.05, 3.63) is 29.3 Å². The van der Waals surface area contributed by atoms with Gasteiger partial charge in [-0.1, -0.05) is 25.4 Å². The van der Waals surface area contributed by atoms with E-state index in [2.05, 4.69) is 9.93 Å². The molecule has 0 aliphatic carbocycles. The summed E-state index contributed by atoms with van der Waals surface area (Å²) in [6.45, 7) is 5.65. The summed E-state index contributed by atoms with van der Waals surface area (Å²) >= 11 is 5.69. The van der Waals surface area contributed by atoms with Crippen molar-refractivity contribution in [1.82, 2.24) is 4.83 Å². The largest absolute Gasteiger partial charge is 0.276 e. The van der Waals surface area contributed by atoms with Crippen molar-refractivity contribution < 1.29 is 8.42 Å². The first-order valence-corrected chi connectivity index (χ1v) is 7.00. The number of nitrogens with zero attached hydrogens (tertiary/aromatic N) is 1. The Bertz CT molecular complexity index is 507. The molecule has 17 heavy (non-hydrogen) atoms. The first-order valence-electron chi connectivity index (χ1n) is 5.14. The number of rotatable bonds is 4. The maximum atomic E-state index is 11.8. The number of nitrogens with one attached hydrogen (secondary N) is 1. The third-order valence-electron chi connectivity index (χ3n) is 2.30. The van der Waals surface area contributed by atoms with Gasteiger partial charge >= 0.3 is 0 Å². The van der Waals surface area contributed by atoms with Crippen LogP contribution in [0.5, 0.6) is 0 Å². The Morgan fingerprint density at radius 2 is 1.82 bits per heavy atom. The molecule has 1 aromatic rings. The molecule has 0 aliphatic rings. The van der Waals surface area contributed by atoms with Crippen LogP contribution in [0.4, 0.5) is 0 Å². The predicted octanol–water partition coefficient (Wildman–Crippen LogP) is 2.65. The van der Waals surface area contributed by atoms with Crippen LogP contribution in [0.2, 0.25) is 5.02 Å². The normalized spacial score (nSPS) is 12.9. The summed E-state index contributed by atoms with van der Waals surface area (Å²) < 4.78 is 23.6. The molecule has 0 heterocycles. The molecular formula is C11H15ClN2O2S. The quantitative estimate of drug-likeness (QED) is 0.678. The number of hydrazone groups is 1. The number of sulfonamides is 1. The van der Waals surface area contributed by atoms with Crippen LogP contribution in [0.3, 0.4) is 0 Å². The third-order valence-corrected chi connectivity index (χ3v) is 3.78. The van der Waals surface area contributed by atoms with Gasteiger partial charge in [0, 0.05) is 10.7 Å². The van der Waals surface area contributed by atoms with Gasteiger partial charge in [0.15, 0.2) is 0 Å². The number of halogens is 1. The monoisotopic (exact) mass is 274 g/mol. The van der Waals surface area contributed by atoms with Crippen LogP contribution in [0.1, 0.15) is 20.8 Å². The fourth-order valence-corrected chi connectivity index (χ4v) is 1.92. The zero-order chi connectivity index (χ0) is 13.1. The SMILES string of the molecule is C/C(=N\NS(=O)(=O)c1ccc(Cl)cc1)C(C)C. The lowest BCUT2D eigenvalue weighted by atomic mass is 10.1. The van der Waals surface area contributed by atoms with E-state index in [1.807, 2.05) is 13.8 Å². The number of hydrogen-bond acceptors (Lipinski definition) is 3. The Labute approximate surface area is 107 Å². The average Bonchev–Trinajstić information content (AvgIpc) is 2.26. The Kier molecular flexibility index (Phi) is 4.54. The molecule has 1 rings (SSSR count). The second kappa shape index (κ2) is 5.51. The van der Waals surface area contributed by atoms with E-state index in [0.717, 1.165) is 5.71 Å². The van der Waals surface area contributed by atoms with Gasteiger partial charge in [-0.15, -0.1) is 0 Å². The number of hydrogen-bond donors (Lipinski definition) is 1. The molecule has 0 amide bonds. The summed E-state index contributed by atoms with van der Waals surface area (Å²) in [7, 11) is -3.60. The van der Waals surface area contributed by atoms with Crippen LogP contribution >= 0.6 is 11.6 Å². The summed E-state index contributed by atoms with van der Waals surface area (Å²) in [6, 6.07) is 5.92. The van der Waals surface area contributed by atoms with Gasteiger partial charge in [-0.25, -0.2) is 4.83 Å². The smallest absolute Gasteiger partial charge is 0.200 e. The molecule has 0 saturated carbocycles. The molecule has 0 atom stereocenters. The molecular weight excluding hydrogens is 260 g/mol. The first-order chi connectivity index (χ1) is 7.83. The zero-order valence-corrected chi connectivity index (χ0v) is 11.5. The molecule has 1 N–H and O–H groups in total. The Morgan fingerprint density at radius 3 is 2.29 bits per heavy atom. The summed E-state index contributed by atoms with van der Waals surface area (Å²) in [4.78, 5) is 2.33. The van der Waals surface area contributed by atoms with Crippen molar-refractivity contribution in [3.63, 3.8) is 0 Å². The Morgan fingerprint density at radius 1 is 1.29 bits per heavy atom. The van der Waals surface area contributed by atoms with Crippen LogP contribution in [0.25, 0.3) is 0 Å². The van der Waals surface area contributed by atoms with Gasteiger partial charge in [0.1, 0.15) is 0 Å². The van der Waals surface area contributed by atoms with Gasteiger partial charge < -0.3 is 0 Å².